The Kier molecular flexibility index (Phi) is 7.06. The van der Waals surface area contributed by atoms with E-state index < -0.39 is 0 Å². The number of carbonyl (C=O) groups excluding carboxylic acids is 2. The third kappa shape index (κ3) is 5.33. The number of amides is 2. The number of nitrogens with one attached hydrogen (secondary N) is 2. The molecule has 1 atom stereocenters. The fourth-order valence-corrected chi connectivity index (χ4v) is 3.79. The lowest BCUT2D eigenvalue weighted by Gasteiger charge is -2.34. The van der Waals surface area contributed by atoms with Crippen LogP contribution in [0.25, 0.3) is 0 Å². The summed E-state index contributed by atoms with van der Waals surface area (Å²) in [4.78, 5) is 32.4. The smallest absolute Gasteiger partial charge is 0.241 e. The number of carbonyl (C=O) groups is 2. The van der Waals surface area contributed by atoms with E-state index in [0.29, 0.717) is 5.82 Å². The van der Waals surface area contributed by atoms with E-state index in [4.69, 9.17) is 0 Å². The highest BCUT2D eigenvalue weighted by molar-refractivity contribution is 7.98. The molecule has 148 valence electrons. The standard InChI is InChI=1S/C21H26N4O2S/c1-15(20(26)23-17-6-5-7-18(14-17)28-2)25-12-9-16(10-13-25)21(27)24-19-8-3-4-11-22-19/h3-8,11,14-16H,9-10,12-13H2,1-2H3,(H,23,26)(H,22,24,27). The monoisotopic (exact) mass is 398 g/mol. The molecule has 1 aliphatic heterocycles. The molecule has 1 saturated heterocycles. The van der Waals surface area contributed by atoms with Crippen LogP contribution < -0.4 is 10.6 Å². The number of likely N-dealkylation sites (tertiary alicyclic amines) is 1. The molecule has 0 saturated carbocycles. The highest BCUT2D eigenvalue weighted by atomic mass is 32.2. The van der Waals surface area contributed by atoms with E-state index in [1.165, 1.54) is 0 Å². The molecule has 2 aromatic rings. The Hall–Kier alpha value is -2.38. The summed E-state index contributed by atoms with van der Waals surface area (Å²) in [6.45, 7) is 3.36. The number of hydrogen-bond donors (Lipinski definition) is 2. The van der Waals surface area contributed by atoms with Gasteiger partial charge in [0.2, 0.25) is 11.8 Å². The zero-order chi connectivity index (χ0) is 19.9. The largest absolute Gasteiger partial charge is 0.325 e. The fourth-order valence-electron chi connectivity index (χ4n) is 3.33. The summed E-state index contributed by atoms with van der Waals surface area (Å²) in [5.41, 5.74) is 0.813. The van der Waals surface area contributed by atoms with Gasteiger partial charge >= 0.3 is 0 Å². The van der Waals surface area contributed by atoms with Gasteiger partial charge in [-0.15, -0.1) is 11.8 Å². The van der Waals surface area contributed by atoms with Gasteiger partial charge in [0.25, 0.3) is 0 Å². The van der Waals surface area contributed by atoms with Crippen molar-refractivity contribution >= 4 is 35.1 Å². The summed E-state index contributed by atoms with van der Waals surface area (Å²) >= 11 is 1.65. The van der Waals surface area contributed by atoms with Crippen LogP contribution >= 0.6 is 11.8 Å². The molecular weight excluding hydrogens is 372 g/mol. The van der Waals surface area contributed by atoms with Gasteiger partial charge in [-0.25, -0.2) is 4.98 Å². The Labute approximate surface area is 170 Å². The number of benzene rings is 1. The van der Waals surface area contributed by atoms with Gasteiger partial charge in [0.1, 0.15) is 5.82 Å². The minimum absolute atomic E-state index is 0.00401. The number of aromatic nitrogens is 1. The summed E-state index contributed by atoms with van der Waals surface area (Å²) in [7, 11) is 0. The molecule has 1 unspecified atom stereocenters. The van der Waals surface area contributed by atoms with Crippen LogP contribution in [0, 0.1) is 5.92 Å². The zero-order valence-corrected chi connectivity index (χ0v) is 17.0. The normalized spacial score (nSPS) is 16.4. The van der Waals surface area contributed by atoms with Crippen molar-refractivity contribution in [3.05, 3.63) is 48.7 Å². The van der Waals surface area contributed by atoms with Crippen LogP contribution in [-0.2, 0) is 9.59 Å². The van der Waals surface area contributed by atoms with Crippen LogP contribution in [-0.4, -0.2) is 47.1 Å². The first-order valence-corrected chi connectivity index (χ1v) is 10.7. The Morgan fingerprint density at radius 2 is 1.93 bits per heavy atom. The second kappa shape index (κ2) is 9.71. The number of piperidine rings is 1. The summed E-state index contributed by atoms with van der Waals surface area (Å²) < 4.78 is 0. The van der Waals surface area contributed by atoms with Gasteiger partial charge in [0, 0.05) is 22.7 Å². The van der Waals surface area contributed by atoms with Gasteiger partial charge in [-0.2, -0.15) is 0 Å². The van der Waals surface area contributed by atoms with Crippen molar-refractivity contribution in [3.63, 3.8) is 0 Å². The van der Waals surface area contributed by atoms with Gasteiger partial charge in [0.15, 0.2) is 0 Å². The Balaban J connectivity index is 1.49. The van der Waals surface area contributed by atoms with Crippen LogP contribution in [0.3, 0.4) is 0 Å². The molecule has 1 aliphatic rings. The minimum atomic E-state index is -0.238. The second-order valence-corrected chi connectivity index (χ2v) is 7.79. The molecule has 0 radical (unpaired) electrons. The maximum atomic E-state index is 12.6. The molecule has 2 amide bonds. The molecule has 6 nitrogen and oxygen atoms in total. The fraction of sp³-hybridized carbons (Fsp3) is 0.381. The highest BCUT2D eigenvalue weighted by Crippen LogP contribution is 2.22. The molecule has 0 spiro atoms. The van der Waals surface area contributed by atoms with Gasteiger partial charge in [-0.05, 0) is 69.4 Å². The number of hydrogen-bond acceptors (Lipinski definition) is 5. The van der Waals surface area contributed by atoms with E-state index in [9.17, 15) is 9.59 Å². The lowest BCUT2D eigenvalue weighted by atomic mass is 9.95. The van der Waals surface area contributed by atoms with E-state index in [1.807, 2.05) is 49.6 Å². The van der Waals surface area contributed by atoms with E-state index in [-0.39, 0.29) is 23.8 Å². The van der Waals surface area contributed by atoms with Gasteiger partial charge < -0.3 is 10.6 Å². The average molecular weight is 399 g/mol. The van der Waals surface area contributed by atoms with Crippen LogP contribution in [0.15, 0.2) is 53.6 Å². The van der Waals surface area contributed by atoms with Gasteiger partial charge in [0.05, 0.1) is 6.04 Å². The van der Waals surface area contributed by atoms with Crippen molar-refractivity contribution in [1.29, 1.82) is 0 Å². The SMILES string of the molecule is CSc1cccc(NC(=O)C(C)N2CCC(C(=O)Nc3ccccn3)CC2)c1. The molecule has 0 bridgehead atoms. The minimum Gasteiger partial charge on any atom is -0.325 e. The van der Waals surface area contributed by atoms with Crippen molar-refractivity contribution in [3.8, 4) is 0 Å². The molecule has 0 aliphatic carbocycles. The Morgan fingerprint density at radius 1 is 1.14 bits per heavy atom. The molecule has 28 heavy (non-hydrogen) atoms. The maximum absolute atomic E-state index is 12.6. The molecule has 1 aromatic heterocycles. The highest BCUT2D eigenvalue weighted by Gasteiger charge is 2.30. The van der Waals surface area contributed by atoms with Crippen LogP contribution in [0.5, 0.6) is 0 Å². The number of nitrogens with zero attached hydrogens (tertiary/aromatic N) is 2. The maximum Gasteiger partial charge on any atom is 0.241 e. The van der Waals surface area contributed by atoms with Crippen LogP contribution in [0.4, 0.5) is 11.5 Å². The lowest BCUT2D eigenvalue weighted by molar-refractivity contribution is -0.123. The van der Waals surface area contributed by atoms with Crippen molar-refractivity contribution in [1.82, 2.24) is 9.88 Å². The van der Waals surface area contributed by atoms with E-state index in [0.717, 1.165) is 36.5 Å². The van der Waals surface area contributed by atoms with E-state index in [1.54, 1.807) is 24.0 Å². The van der Waals surface area contributed by atoms with Crippen LogP contribution in [0.2, 0.25) is 0 Å². The van der Waals surface area contributed by atoms with E-state index in [2.05, 4.69) is 20.5 Å². The number of thioether (sulfide) groups is 1. The predicted molar refractivity (Wildman–Crippen MR) is 113 cm³/mol. The van der Waals surface area contributed by atoms with Crippen molar-refractivity contribution in [2.75, 3.05) is 30.0 Å². The molecule has 7 heteroatoms. The third-order valence-corrected chi connectivity index (χ3v) is 5.81. The van der Waals surface area contributed by atoms with Gasteiger partial charge in [-0.1, -0.05) is 12.1 Å². The number of anilines is 2. The summed E-state index contributed by atoms with van der Waals surface area (Å²) in [5, 5.41) is 5.87. The van der Waals surface area contributed by atoms with Gasteiger partial charge in [-0.3, -0.25) is 14.5 Å². The molecule has 2 N–H and O–H groups in total. The Bertz CT molecular complexity index is 807. The quantitative estimate of drug-likeness (QED) is 0.729. The second-order valence-electron chi connectivity index (χ2n) is 6.91. The predicted octanol–water partition coefficient (Wildman–Crippen LogP) is 3.48. The lowest BCUT2D eigenvalue weighted by Crippen LogP contribution is -2.47. The first-order chi connectivity index (χ1) is 13.6. The molecule has 3 rings (SSSR count). The summed E-state index contributed by atoms with van der Waals surface area (Å²) in [6, 6.07) is 13.0. The summed E-state index contributed by atoms with van der Waals surface area (Å²) in [6.07, 6.45) is 5.14. The number of pyridine rings is 1. The average Bonchev–Trinajstić information content (AvgIpc) is 2.74. The molecule has 1 aromatic carbocycles. The summed E-state index contributed by atoms with van der Waals surface area (Å²) in [5.74, 6) is 0.515. The first-order valence-electron chi connectivity index (χ1n) is 9.47. The topological polar surface area (TPSA) is 74.3 Å². The zero-order valence-electron chi connectivity index (χ0n) is 16.2. The van der Waals surface area contributed by atoms with Crippen molar-refractivity contribution < 1.29 is 9.59 Å². The van der Waals surface area contributed by atoms with Crippen molar-refractivity contribution in [2.24, 2.45) is 5.92 Å². The van der Waals surface area contributed by atoms with Crippen LogP contribution in [0.1, 0.15) is 19.8 Å². The van der Waals surface area contributed by atoms with Crippen molar-refractivity contribution in [2.45, 2.75) is 30.7 Å². The van der Waals surface area contributed by atoms with E-state index >= 15 is 0 Å². The number of rotatable bonds is 6. The first kappa shape index (κ1) is 20.4. The third-order valence-electron chi connectivity index (χ3n) is 5.08. The molecule has 2 heterocycles. The Morgan fingerprint density at radius 3 is 2.61 bits per heavy atom. The molecular formula is C21H26N4O2S. The molecule has 1 fully saturated rings.